The number of nitrogens with zero attached hydrogens (tertiary/aromatic N) is 1. The number of nitrogens with one attached hydrogen (secondary N) is 9. The van der Waals surface area contributed by atoms with E-state index in [-0.39, 0.29) is 62.2 Å². The number of rotatable bonds is 36. The molecule has 0 radical (unpaired) electrons. The van der Waals surface area contributed by atoms with Crippen molar-refractivity contribution in [1.82, 2.24) is 47.3 Å². The van der Waals surface area contributed by atoms with Crippen molar-refractivity contribution in [2.45, 2.75) is 231 Å². The molecule has 0 bridgehead atoms. The summed E-state index contributed by atoms with van der Waals surface area (Å²) in [6.45, 7) is 26.8. The summed E-state index contributed by atoms with van der Waals surface area (Å²) >= 11 is 0. The second-order valence-corrected chi connectivity index (χ2v) is 34.5. The highest BCUT2D eigenvalue weighted by molar-refractivity contribution is 7.90. The third kappa shape index (κ3) is 24.0. The first-order valence-corrected chi connectivity index (χ1v) is 41.1. The molecule has 8 rings (SSSR count). The minimum absolute atomic E-state index is 0.00718. The molecule has 0 spiro atoms. The van der Waals surface area contributed by atoms with E-state index in [1.807, 2.05) is 174 Å². The van der Waals surface area contributed by atoms with Crippen LogP contribution in [0.3, 0.4) is 0 Å². The molecule has 11 N–H and O–H groups in total. The number of ether oxygens (including phenoxy) is 5. The Hall–Kier alpha value is -10.7. The Balaban J connectivity index is 1.04. The normalized spacial score (nSPS) is 15.4. The van der Waals surface area contributed by atoms with Gasteiger partial charge >= 0.3 is 12.1 Å². The van der Waals surface area contributed by atoms with Gasteiger partial charge < -0.3 is 72.0 Å². The summed E-state index contributed by atoms with van der Waals surface area (Å²) in [5.74, 6) is -7.99. The van der Waals surface area contributed by atoms with Crippen LogP contribution < -0.4 is 57.7 Å². The van der Waals surface area contributed by atoms with Gasteiger partial charge in [0.25, 0.3) is 10.0 Å². The third-order valence-electron chi connectivity index (χ3n) is 20.7. The molecular formula is C88H117N11O16S. The lowest BCUT2D eigenvalue weighted by Gasteiger charge is -2.37. The number of methoxy groups -OCH3 is 1. The summed E-state index contributed by atoms with van der Waals surface area (Å²) in [7, 11) is -3.20. The highest BCUT2D eigenvalue weighted by Gasteiger charge is 2.42. The lowest BCUT2D eigenvalue weighted by atomic mass is 9.77. The standard InChI is InChI=1S/C88H117N11O16S/c1-18-53(4)73(81(106)97-74(57(8)114-86(12,13)14)80(105)91-49-72(101)92-69(79(104)94-70(82(107)111-17)51-113-85(9,10)11)48-71(100)98-88(58-33-22-19-23-34-58,59-35-24-20-25-36-59)60-37-26-21-27-38-60)96-77(102)67(43-32-46-90-83(89)99-116(109,110)76-55(6)54(5)75-61(56(76)7)44-45-87(15,16)115-75)93-78(103)68(47-52(2)3)95-84(108)112-50-66-64-41-30-28-39-62(64)63-40-29-31-42-65(63)66/h19-31,33-42,52-53,57,66-70,73-74H,18,32,43-51H2,1-17H3,(H,91,105)(H,92,101)(H,93,103)(H,94,104)(H,95,108)(H,96,102)(H,97,106)(H,98,100)(H3,89,90,99)/t53-,57+,67-,68-,69-,70-,73-,74-/m0/s1. The number of amides is 8. The molecule has 6 aromatic rings. The molecule has 116 heavy (non-hydrogen) atoms. The number of alkyl carbamates (subject to hydrolysis) is 1. The van der Waals surface area contributed by atoms with Gasteiger partial charge in [-0.3, -0.25) is 38.6 Å². The third-order valence-corrected chi connectivity index (χ3v) is 22.3. The Morgan fingerprint density at radius 3 is 1.67 bits per heavy atom. The van der Waals surface area contributed by atoms with E-state index in [1.165, 1.54) is 6.92 Å². The van der Waals surface area contributed by atoms with Crippen molar-refractivity contribution in [3.8, 4) is 16.9 Å². The van der Waals surface area contributed by atoms with Gasteiger partial charge in [-0.25, -0.2) is 22.7 Å². The van der Waals surface area contributed by atoms with Gasteiger partial charge in [-0.05, 0) is 188 Å². The Kier molecular flexibility index (Phi) is 31.1. The van der Waals surface area contributed by atoms with Crippen LogP contribution in [0.5, 0.6) is 5.75 Å². The maximum atomic E-state index is 15.2. The average molecular weight is 1620 g/mol. The zero-order chi connectivity index (χ0) is 85.2. The zero-order valence-corrected chi connectivity index (χ0v) is 70.6. The number of fused-ring (bicyclic) bond motifs is 4. The molecule has 27 nitrogen and oxygen atoms in total. The number of sulfonamides is 1. The quantitative estimate of drug-likeness (QED) is 0.00575. The first-order chi connectivity index (χ1) is 54.7. The molecule has 28 heteroatoms. The number of hydrogen-bond acceptors (Lipinski definition) is 17. The SMILES string of the molecule is CC[C@H](C)[C@H](NC(=O)[C@H](CCCN=C(N)NS(=O)(=O)c1c(C)c(C)c2c(c1C)CCC(C)(C)O2)NC(=O)[C@H](CC(C)C)NC(=O)OCC1c2ccccc2-c2ccccc21)C(=O)N[C@H](C(=O)NCC(=O)N[C@@H](CC(=O)NC(c1ccccc1)(c1ccccc1)c1ccccc1)C(=O)N[C@@H](COC(C)(C)C)C(=O)OC)[C@@H](C)OC(C)(C)C. The molecule has 1 aliphatic heterocycles. The molecule has 1 aliphatic carbocycles. The maximum Gasteiger partial charge on any atom is 0.407 e. The molecule has 0 saturated heterocycles. The van der Waals surface area contributed by atoms with E-state index < -0.39 is 153 Å². The summed E-state index contributed by atoms with van der Waals surface area (Å²) in [6, 6.07) is 34.3. The lowest BCUT2D eigenvalue weighted by molar-refractivity contribution is -0.149. The number of guanidine groups is 1. The predicted octanol–water partition coefficient (Wildman–Crippen LogP) is 9.32. The number of carbonyl (C=O) groups is 9. The number of aliphatic imine (C=N–C) groups is 1. The summed E-state index contributed by atoms with van der Waals surface area (Å²) in [5, 5.41) is 22.1. The number of esters is 1. The van der Waals surface area contributed by atoms with Crippen LogP contribution in [-0.2, 0) is 79.3 Å². The van der Waals surface area contributed by atoms with Crippen LogP contribution in [-0.4, -0.2) is 160 Å². The van der Waals surface area contributed by atoms with Crippen molar-refractivity contribution < 1.29 is 75.3 Å². The maximum absolute atomic E-state index is 15.2. The van der Waals surface area contributed by atoms with Crippen LogP contribution in [0.1, 0.15) is 185 Å². The highest BCUT2D eigenvalue weighted by atomic mass is 32.2. The first kappa shape index (κ1) is 90.8. The van der Waals surface area contributed by atoms with Gasteiger partial charge in [-0.2, -0.15) is 0 Å². The fourth-order valence-corrected chi connectivity index (χ4v) is 16.1. The molecule has 2 aliphatic rings. The molecule has 8 atom stereocenters. The molecule has 626 valence electrons. The van der Waals surface area contributed by atoms with Crippen LogP contribution in [0.25, 0.3) is 11.1 Å². The van der Waals surface area contributed by atoms with Crippen LogP contribution >= 0.6 is 0 Å². The topological polar surface area (TPSA) is 381 Å². The van der Waals surface area contributed by atoms with Crippen LogP contribution in [0, 0.1) is 32.6 Å². The van der Waals surface area contributed by atoms with Gasteiger partial charge in [0, 0.05) is 12.5 Å². The average Bonchev–Trinajstić information content (AvgIpc) is 0.943. The van der Waals surface area contributed by atoms with Gasteiger partial charge in [-0.1, -0.05) is 174 Å². The minimum Gasteiger partial charge on any atom is -0.487 e. The molecule has 0 unspecified atom stereocenters. The van der Waals surface area contributed by atoms with Gasteiger partial charge in [0.15, 0.2) is 6.04 Å². The van der Waals surface area contributed by atoms with Gasteiger partial charge in [0.05, 0.1) is 48.9 Å². The fraction of sp³-hybridized carbons (Fsp3) is 0.477. The van der Waals surface area contributed by atoms with E-state index in [9.17, 15) is 42.0 Å². The van der Waals surface area contributed by atoms with E-state index in [0.717, 1.165) is 34.9 Å². The predicted molar refractivity (Wildman–Crippen MR) is 443 cm³/mol. The van der Waals surface area contributed by atoms with E-state index in [2.05, 4.69) is 52.2 Å². The first-order valence-electron chi connectivity index (χ1n) is 39.6. The number of hydrogen-bond donors (Lipinski definition) is 10. The van der Waals surface area contributed by atoms with E-state index in [4.69, 9.17) is 29.4 Å². The Morgan fingerprint density at radius 1 is 0.612 bits per heavy atom. The molecule has 0 saturated carbocycles. The second kappa shape index (κ2) is 39.8. The summed E-state index contributed by atoms with van der Waals surface area (Å²) < 4.78 is 60.4. The van der Waals surface area contributed by atoms with Crippen molar-refractivity contribution in [2.75, 3.05) is 33.4 Å². The molecule has 1 heterocycles. The molecule has 6 aromatic carbocycles. The Labute approximate surface area is 682 Å². The molecule has 8 amide bonds. The van der Waals surface area contributed by atoms with Gasteiger partial charge in [-0.15, -0.1) is 0 Å². The van der Waals surface area contributed by atoms with E-state index in [1.54, 1.807) is 69.2 Å². The van der Waals surface area contributed by atoms with Crippen LogP contribution in [0.2, 0.25) is 0 Å². The number of carbonyl (C=O) groups excluding carboxylic acids is 9. The Morgan fingerprint density at radius 2 is 1.14 bits per heavy atom. The monoisotopic (exact) mass is 1620 g/mol. The summed E-state index contributed by atoms with van der Waals surface area (Å²) in [4.78, 5) is 136. The van der Waals surface area contributed by atoms with Crippen molar-refractivity contribution >= 4 is 69.4 Å². The summed E-state index contributed by atoms with van der Waals surface area (Å²) in [6.07, 6.45) is -1.32. The van der Waals surface area contributed by atoms with E-state index >= 15 is 9.59 Å². The van der Waals surface area contributed by atoms with Gasteiger partial charge in [0.2, 0.25) is 47.3 Å². The van der Waals surface area contributed by atoms with Crippen LogP contribution in [0.4, 0.5) is 4.79 Å². The second-order valence-electron chi connectivity index (χ2n) is 32.8. The van der Waals surface area contributed by atoms with E-state index in [0.29, 0.717) is 52.0 Å². The highest BCUT2D eigenvalue weighted by Crippen LogP contribution is 2.46. The van der Waals surface area contributed by atoms with Crippen molar-refractivity contribution in [3.63, 3.8) is 0 Å². The van der Waals surface area contributed by atoms with Crippen molar-refractivity contribution in [1.29, 1.82) is 0 Å². The Bertz CT molecular complexity index is 4480. The minimum atomic E-state index is -4.33. The smallest absolute Gasteiger partial charge is 0.407 e. The van der Waals surface area contributed by atoms with Gasteiger partial charge in [0.1, 0.15) is 53.7 Å². The zero-order valence-electron chi connectivity index (χ0n) is 69.8. The number of benzene rings is 6. The molecule has 0 aromatic heterocycles. The van der Waals surface area contributed by atoms with Crippen LogP contribution in [0.15, 0.2) is 149 Å². The van der Waals surface area contributed by atoms with Crippen molar-refractivity contribution in [3.05, 3.63) is 190 Å². The largest absolute Gasteiger partial charge is 0.487 e. The summed E-state index contributed by atoms with van der Waals surface area (Å²) in [5.41, 5.74) is 11.2. The molecule has 0 fully saturated rings. The molecular weight excluding hydrogens is 1500 g/mol. The lowest BCUT2D eigenvalue weighted by Crippen LogP contribution is -2.62. The van der Waals surface area contributed by atoms with Crippen molar-refractivity contribution in [2.24, 2.45) is 22.6 Å². The fourth-order valence-electron chi connectivity index (χ4n) is 14.6. The number of nitrogens with two attached hydrogens (primary N) is 1.